The minimum absolute atomic E-state index is 0.000359. The number of hydrogen-bond acceptors (Lipinski definition) is 4. The second-order valence-electron chi connectivity index (χ2n) is 6.38. The highest BCUT2D eigenvalue weighted by Crippen LogP contribution is 2.23. The van der Waals surface area contributed by atoms with Crippen molar-refractivity contribution in [2.45, 2.75) is 12.5 Å². The molecule has 3 amide bonds. The molecule has 136 valence electrons. The highest BCUT2D eigenvalue weighted by molar-refractivity contribution is 6.30. The molecular formula is C17H23ClN4O3. The zero-order valence-corrected chi connectivity index (χ0v) is 14.8. The van der Waals surface area contributed by atoms with Gasteiger partial charge in [-0.2, -0.15) is 0 Å². The molecule has 7 nitrogen and oxygen atoms in total. The maximum atomic E-state index is 12.4. The fourth-order valence-electron chi connectivity index (χ4n) is 3.26. The van der Waals surface area contributed by atoms with Gasteiger partial charge in [-0.1, -0.05) is 11.6 Å². The number of hydrogen-bond donors (Lipinski definition) is 2. The van der Waals surface area contributed by atoms with Gasteiger partial charge >= 0.3 is 6.03 Å². The first-order valence-corrected chi connectivity index (χ1v) is 8.89. The van der Waals surface area contributed by atoms with Crippen molar-refractivity contribution < 1.29 is 14.7 Å². The highest BCUT2D eigenvalue weighted by Gasteiger charge is 2.33. The first-order valence-electron chi connectivity index (χ1n) is 8.51. The van der Waals surface area contributed by atoms with E-state index < -0.39 is 0 Å². The molecule has 2 saturated heterocycles. The van der Waals surface area contributed by atoms with E-state index in [-0.39, 0.29) is 24.6 Å². The van der Waals surface area contributed by atoms with Gasteiger partial charge < -0.3 is 20.2 Å². The summed E-state index contributed by atoms with van der Waals surface area (Å²) in [7, 11) is 0. The first kappa shape index (κ1) is 18.0. The molecule has 8 heteroatoms. The van der Waals surface area contributed by atoms with Gasteiger partial charge in [0.2, 0.25) is 5.91 Å². The van der Waals surface area contributed by atoms with Crippen LogP contribution in [0.1, 0.15) is 6.42 Å². The molecule has 2 heterocycles. The second kappa shape index (κ2) is 8.03. The Morgan fingerprint density at radius 3 is 2.52 bits per heavy atom. The molecule has 0 aromatic heterocycles. The van der Waals surface area contributed by atoms with E-state index in [9.17, 15) is 9.59 Å². The Hall–Kier alpha value is -1.83. The number of anilines is 1. The maximum absolute atomic E-state index is 12.4. The van der Waals surface area contributed by atoms with Crippen molar-refractivity contribution in [3.05, 3.63) is 29.3 Å². The van der Waals surface area contributed by atoms with E-state index in [0.29, 0.717) is 37.6 Å². The number of carbonyl (C=O) groups is 2. The lowest BCUT2D eigenvalue weighted by Crippen LogP contribution is -2.54. The topological polar surface area (TPSA) is 76.1 Å². The zero-order valence-electron chi connectivity index (χ0n) is 14.0. The van der Waals surface area contributed by atoms with Gasteiger partial charge in [0, 0.05) is 56.4 Å². The van der Waals surface area contributed by atoms with Crippen LogP contribution in [0.15, 0.2) is 24.3 Å². The van der Waals surface area contributed by atoms with E-state index in [4.69, 9.17) is 16.7 Å². The van der Waals surface area contributed by atoms with Gasteiger partial charge in [-0.3, -0.25) is 9.69 Å². The Kier molecular flexibility index (Phi) is 5.78. The van der Waals surface area contributed by atoms with E-state index in [0.717, 1.165) is 18.8 Å². The minimum atomic E-state index is -0.189. The molecule has 0 bridgehead atoms. The number of urea groups is 1. The Morgan fingerprint density at radius 1 is 1.20 bits per heavy atom. The zero-order chi connectivity index (χ0) is 17.8. The number of aliphatic hydroxyl groups excluding tert-OH is 1. The van der Waals surface area contributed by atoms with Gasteiger partial charge in [-0.25, -0.2) is 4.79 Å². The van der Waals surface area contributed by atoms with Crippen LogP contribution in [0.25, 0.3) is 0 Å². The van der Waals surface area contributed by atoms with Crippen LogP contribution < -0.4 is 10.2 Å². The summed E-state index contributed by atoms with van der Waals surface area (Å²) in [6, 6.07) is 6.81. The minimum Gasteiger partial charge on any atom is -0.395 e. The molecule has 1 atom stereocenters. The van der Waals surface area contributed by atoms with Gasteiger partial charge in [0.15, 0.2) is 0 Å². The second-order valence-corrected chi connectivity index (χ2v) is 6.82. The average Bonchev–Trinajstić information content (AvgIpc) is 2.97. The molecule has 1 aromatic carbocycles. The Morgan fingerprint density at radius 2 is 1.88 bits per heavy atom. The van der Waals surface area contributed by atoms with E-state index >= 15 is 0 Å². The molecule has 3 rings (SSSR count). The predicted molar refractivity (Wildman–Crippen MR) is 95.8 cm³/mol. The number of halogens is 1. The van der Waals surface area contributed by atoms with E-state index in [1.165, 1.54) is 0 Å². The normalized spacial score (nSPS) is 21.7. The number of benzene rings is 1. The molecule has 0 spiro atoms. The van der Waals surface area contributed by atoms with Crippen molar-refractivity contribution in [2.75, 3.05) is 50.8 Å². The molecule has 2 aliphatic rings. The molecule has 2 fully saturated rings. The van der Waals surface area contributed by atoms with Gasteiger partial charge in [0.1, 0.15) is 0 Å². The van der Waals surface area contributed by atoms with Crippen molar-refractivity contribution in [1.82, 2.24) is 15.1 Å². The van der Waals surface area contributed by atoms with Crippen molar-refractivity contribution in [2.24, 2.45) is 0 Å². The summed E-state index contributed by atoms with van der Waals surface area (Å²) in [5, 5.41) is 12.6. The van der Waals surface area contributed by atoms with Crippen molar-refractivity contribution >= 4 is 29.2 Å². The third-order valence-corrected chi connectivity index (χ3v) is 4.92. The standard InChI is InChI=1S/C17H23ClN4O3/c18-13-1-3-15(4-2-13)22-12-14(11-16(22)24)19-17(25)21-7-5-20(6-8-21)9-10-23/h1-4,14,23H,5-12H2,(H,19,25)/t14-/m0/s1. The van der Waals surface area contributed by atoms with Crippen LogP contribution in [0.4, 0.5) is 10.5 Å². The Labute approximate surface area is 152 Å². The molecule has 0 unspecified atom stereocenters. The molecule has 2 aliphatic heterocycles. The fraction of sp³-hybridized carbons (Fsp3) is 0.529. The number of β-amino-alcohol motifs (C(OH)–C–C–N with tert-alkyl or cyclic N) is 1. The van der Waals surface area contributed by atoms with Crippen LogP contribution >= 0.6 is 11.6 Å². The summed E-state index contributed by atoms with van der Waals surface area (Å²) in [6.07, 6.45) is 0.304. The molecule has 1 aromatic rings. The molecule has 2 N–H and O–H groups in total. The number of nitrogens with one attached hydrogen (secondary N) is 1. The quantitative estimate of drug-likeness (QED) is 0.825. The lowest BCUT2D eigenvalue weighted by atomic mass is 10.2. The first-order chi connectivity index (χ1) is 12.1. The summed E-state index contributed by atoms with van der Waals surface area (Å²) in [5.41, 5.74) is 0.795. The monoisotopic (exact) mass is 366 g/mol. The number of rotatable bonds is 4. The van der Waals surface area contributed by atoms with Crippen LogP contribution in [0.3, 0.4) is 0 Å². The summed E-state index contributed by atoms with van der Waals surface area (Å²) < 4.78 is 0. The number of carbonyl (C=O) groups excluding carboxylic acids is 2. The highest BCUT2D eigenvalue weighted by atomic mass is 35.5. The molecule has 0 radical (unpaired) electrons. The average molecular weight is 367 g/mol. The third-order valence-electron chi connectivity index (χ3n) is 4.67. The largest absolute Gasteiger partial charge is 0.395 e. The van der Waals surface area contributed by atoms with Gasteiger partial charge in [0.25, 0.3) is 0 Å². The predicted octanol–water partition coefficient (Wildman–Crippen LogP) is 0.765. The van der Waals surface area contributed by atoms with Gasteiger partial charge in [-0.15, -0.1) is 0 Å². The van der Waals surface area contributed by atoms with E-state index in [2.05, 4.69) is 10.2 Å². The van der Waals surface area contributed by atoms with Crippen LogP contribution in [-0.4, -0.2) is 78.8 Å². The van der Waals surface area contributed by atoms with Gasteiger partial charge in [0.05, 0.1) is 12.6 Å². The fourth-order valence-corrected chi connectivity index (χ4v) is 3.38. The van der Waals surface area contributed by atoms with Crippen LogP contribution in [0.5, 0.6) is 0 Å². The van der Waals surface area contributed by atoms with Crippen LogP contribution in [-0.2, 0) is 4.79 Å². The lowest BCUT2D eigenvalue weighted by molar-refractivity contribution is -0.117. The molecule has 25 heavy (non-hydrogen) atoms. The van der Waals surface area contributed by atoms with Crippen LogP contribution in [0.2, 0.25) is 5.02 Å². The molecule has 0 aliphatic carbocycles. The summed E-state index contributed by atoms with van der Waals surface area (Å²) in [4.78, 5) is 30.2. The Balaban J connectivity index is 1.51. The van der Waals surface area contributed by atoms with Crippen molar-refractivity contribution in [3.8, 4) is 0 Å². The van der Waals surface area contributed by atoms with Gasteiger partial charge in [-0.05, 0) is 24.3 Å². The Bertz CT molecular complexity index is 617. The lowest BCUT2D eigenvalue weighted by Gasteiger charge is -2.34. The summed E-state index contributed by atoms with van der Waals surface area (Å²) >= 11 is 5.89. The maximum Gasteiger partial charge on any atom is 0.317 e. The molecule has 0 saturated carbocycles. The van der Waals surface area contributed by atoms with E-state index in [1.807, 2.05) is 12.1 Å². The molecular weight excluding hydrogens is 344 g/mol. The summed E-state index contributed by atoms with van der Waals surface area (Å²) in [5.74, 6) is 0.000359. The smallest absolute Gasteiger partial charge is 0.317 e. The summed E-state index contributed by atoms with van der Waals surface area (Å²) in [6.45, 7) is 4.03. The van der Waals surface area contributed by atoms with Crippen molar-refractivity contribution in [3.63, 3.8) is 0 Å². The number of piperazine rings is 1. The number of aliphatic hydroxyl groups is 1. The third kappa shape index (κ3) is 4.42. The number of nitrogens with zero attached hydrogens (tertiary/aromatic N) is 3. The van der Waals surface area contributed by atoms with Crippen molar-refractivity contribution in [1.29, 1.82) is 0 Å². The van der Waals surface area contributed by atoms with Crippen LogP contribution in [0, 0.1) is 0 Å². The number of amides is 3. The SMILES string of the molecule is O=C(N[C@H]1CC(=O)N(c2ccc(Cl)cc2)C1)N1CCN(CCO)CC1. The van der Waals surface area contributed by atoms with E-state index in [1.54, 1.807) is 21.9 Å².